The van der Waals surface area contributed by atoms with Gasteiger partial charge in [0.2, 0.25) is 0 Å². The molecule has 8 aromatic carbocycles. The third-order valence-corrected chi connectivity index (χ3v) is 10.6. The molecule has 0 bridgehead atoms. The molecule has 0 N–H and O–H groups in total. The minimum atomic E-state index is 0.622. The molecule has 0 fully saturated rings. The summed E-state index contributed by atoms with van der Waals surface area (Å²) >= 11 is 0. The summed E-state index contributed by atoms with van der Waals surface area (Å²) in [5.74, 6) is 1.89. The Morgan fingerprint density at radius 2 is 0.736 bits per heavy atom. The summed E-state index contributed by atoms with van der Waals surface area (Å²) < 4.78 is 2.34. The van der Waals surface area contributed by atoms with Gasteiger partial charge in [0.05, 0.1) is 16.7 Å². The molecular formula is C49H30N4. The Morgan fingerprint density at radius 3 is 1.43 bits per heavy atom. The van der Waals surface area contributed by atoms with E-state index in [1.54, 1.807) is 0 Å². The summed E-state index contributed by atoms with van der Waals surface area (Å²) in [6.45, 7) is 0. The predicted molar refractivity (Wildman–Crippen MR) is 218 cm³/mol. The van der Waals surface area contributed by atoms with Crippen molar-refractivity contribution in [2.45, 2.75) is 0 Å². The number of benzene rings is 8. The third-order valence-electron chi connectivity index (χ3n) is 10.6. The third kappa shape index (κ3) is 4.52. The minimum absolute atomic E-state index is 0.622. The maximum Gasteiger partial charge on any atom is 0.166 e. The Balaban J connectivity index is 1.15. The topological polar surface area (TPSA) is 43.6 Å². The van der Waals surface area contributed by atoms with E-state index in [0.717, 1.165) is 44.5 Å². The Bertz CT molecular complexity index is 2980. The van der Waals surface area contributed by atoms with Gasteiger partial charge in [-0.15, -0.1) is 0 Å². The first-order chi connectivity index (χ1) is 26.3. The summed E-state index contributed by atoms with van der Waals surface area (Å²) in [5, 5.41) is 4.93. The van der Waals surface area contributed by atoms with E-state index >= 15 is 0 Å². The number of nitrogens with zero attached hydrogens (tertiary/aromatic N) is 4. The van der Waals surface area contributed by atoms with Crippen molar-refractivity contribution in [2.75, 3.05) is 0 Å². The van der Waals surface area contributed by atoms with E-state index in [0.29, 0.717) is 17.5 Å². The van der Waals surface area contributed by atoms with Crippen LogP contribution in [0.25, 0.3) is 106 Å². The van der Waals surface area contributed by atoms with Crippen LogP contribution in [0.2, 0.25) is 0 Å². The van der Waals surface area contributed by atoms with Gasteiger partial charge in [-0.25, -0.2) is 15.0 Å². The summed E-state index contributed by atoms with van der Waals surface area (Å²) in [6, 6.07) is 64.3. The van der Waals surface area contributed by atoms with Gasteiger partial charge >= 0.3 is 0 Å². The predicted octanol–water partition coefficient (Wildman–Crippen LogP) is 12.4. The number of hydrogen-bond acceptors (Lipinski definition) is 3. The summed E-state index contributed by atoms with van der Waals surface area (Å²) in [6.07, 6.45) is 0. The van der Waals surface area contributed by atoms with Crippen LogP contribution >= 0.6 is 0 Å². The van der Waals surface area contributed by atoms with Crippen LogP contribution in [0.3, 0.4) is 0 Å². The molecule has 0 spiro atoms. The van der Waals surface area contributed by atoms with Crippen LogP contribution in [0.4, 0.5) is 0 Å². The van der Waals surface area contributed by atoms with Crippen molar-refractivity contribution < 1.29 is 0 Å². The lowest BCUT2D eigenvalue weighted by Crippen LogP contribution is -2.04. The van der Waals surface area contributed by atoms with Crippen molar-refractivity contribution in [3.05, 3.63) is 182 Å². The Labute approximate surface area is 306 Å². The molecule has 0 atom stereocenters. The Morgan fingerprint density at radius 1 is 0.283 bits per heavy atom. The van der Waals surface area contributed by atoms with Gasteiger partial charge < -0.3 is 4.57 Å². The first-order valence-electron chi connectivity index (χ1n) is 18.0. The zero-order valence-electron chi connectivity index (χ0n) is 28.6. The molecule has 1 aliphatic rings. The van der Waals surface area contributed by atoms with Gasteiger partial charge in [-0.05, 0) is 68.4 Å². The zero-order chi connectivity index (χ0) is 34.9. The lowest BCUT2D eigenvalue weighted by atomic mass is 9.91. The number of para-hydroxylation sites is 3. The normalized spacial score (nSPS) is 11.8. The second kappa shape index (κ2) is 11.7. The molecule has 10 aromatic rings. The minimum Gasteiger partial charge on any atom is -0.309 e. The summed E-state index contributed by atoms with van der Waals surface area (Å²) in [4.78, 5) is 15.8. The fourth-order valence-electron chi connectivity index (χ4n) is 8.33. The lowest BCUT2D eigenvalue weighted by molar-refractivity contribution is 1.06. The molecule has 0 aliphatic heterocycles. The van der Waals surface area contributed by atoms with Crippen molar-refractivity contribution in [3.8, 4) is 73.2 Å². The van der Waals surface area contributed by atoms with Gasteiger partial charge in [0.1, 0.15) is 0 Å². The van der Waals surface area contributed by atoms with Crippen molar-refractivity contribution >= 4 is 32.6 Å². The fourth-order valence-corrected chi connectivity index (χ4v) is 8.33. The molecule has 2 heterocycles. The number of hydrogen-bond donors (Lipinski definition) is 0. The maximum atomic E-state index is 5.34. The number of fused-ring (bicyclic) bond motifs is 6. The Hall–Kier alpha value is -7.17. The quantitative estimate of drug-likeness (QED) is 0.182. The highest BCUT2D eigenvalue weighted by Crippen LogP contribution is 2.50. The molecule has 53 heavy (non-hydrogen) atoms. The maximum absolute atomic E-state index is 5.34. The second-order valence-corrected chi connectivity index (χ2v) is 13.5. The molecule has 4 heteroatoms. The van der Waals surface area contributed by atoms with Crippen LogP contribution in [0, 0.1) is 0 Å². The van der Waals surface area contributed by atoms with Gasteiger partial charge in [0.15, 0.2) is 17.5 Å². The lowest BCUT2D eigenvalue weighted by Gasteiger charge is -2.16. The molecule has 11 rings (SSSR count). The largest absolute Gasteiger partial charge is 0.309 e. The first kappa shape index (κ1) is 29.5. The van der Waals surface area contributed by atoms with Gasteiger partial charge in [-0.1, -0.05) is 158 Å². The average molecular weight is 675 g/mol. The monoisotopic (exact) mass is 674 g/mol. The highest BCUT2D eigenvalue weighted by molar-refractivity contribution is 6.19. The molecule has 0 unspecified atom stereocenters. The SMILES string of the molecule is c1ccc(-c2nc(-c3ccccc3-c3ccc4c5c(cccc35)-c3ccccc3-4)nc(-c3ccccc3-n3c4ccccc4c4ccccc43)n2)cc1. The van der Waals surface area contributed by atoms with Crippen LogP contribution < -0.4 is 0 Å². The Kier molecular flexibility index (Phi) is 6.52. The highest BCUT2D eigenvalue weighted by Gasteiger charge is 2.24. The molecule has 1 aliphatic carbocycles. The summed E-state index contributed by atoms with van der Waals surface area (Å²) in [7, 11) is 0. The van der Waals surface area contributed by atoms with E-state index in [4.69, 9.17) is 15.0 Å². The number of rotatable bonds is 5. The van der Waals surface area contributed by atoms with Crippen molar-refractivity contribution in [1.29, 1.82) is 0 Å². The van der Waals surface area contributed by atoms with E-state index in [1.807, 2.05) is 18.2 Å². The smallest absolute Gasteiger partial charge is 0.166 e. The van der Waals surface area contributed by atoms with Gasteiger partial charge in [-0.2, -0.15) is 0 Å². The van der Waals surface area contributed by atoms with Crippen molar-refractivity contribution in [2.24, 2.45) is 0 Å². The van der Waals surface area contributed by atoms with E-state index in [2.05, 4.69) is 168 Å². The van der Waals surface area contributed by atoms with Crippen LogP contribution in [0.1, 0.15) is 0 Å². The molecular weight excluding hydrogens is 645 g/mol. The van der Waals surface area contributed by atoms with E-state index in [1.165, 1.54) is 43.8 Å². The average Bonchev–Trinajstić information content (AvgIpc) is 3.75. The molecule has 246 valence electrons. The first-order valence-corrected chi connectivity index (χ1v) is 18.0. The second-order valence-electron chi connectivity index (χ2n) is 13.5. The molecule has 2 aromatic heterocycles. The zero-order valence-corrected chi connectivity index (χ0v) is 28.6. The summed E-state index contributed by atoms with van der Waals surface area (Å²) in [5.41, 5.74) is 13.5. The standard InChI is InChI=1S/C49H30N4/c1-2-15-31(16-3-1)47-50-48(41-22-7-6-19-34(41)35-29-30-40-33-18-5-4-17-32(33)38-24-14-25-39(35)46(38)40)52-49(51-47)42-23-10-13-28-45(42)53-43-26-11-8-20-36(43)37-21-9-12-27-44(37)53/h1-30H. The fraction of sp³-hybridized carbons (Fsp3) is 0. The van der Waals surface area contributed by atoms with E-state index in [9.17, 15) is 0 Å². The molecule has 0 radical (unpaired) electrons. The van der Waals surface area contributed by atoms with E-state index < -0.39 is 0 Å². The van der Waals surface area contributed by atoms with Crippen LogP contribution in [0.5, 0.6) is 0 Å². The van der Waals surface area contributed by atoms with Gasteiger partial charge in [0, 0.05) is 27.5 Å². The van der Waals surface area contributed by atoms with Crippen LogP contribution in [-0.4, -0.2) is 19.5 Å². The van der Waals surface area contributed by atoms with Crippen LogP contribution in [0.15, 0.2) is 182 Å². The van der Waals surface area contributed by atoms with Gasteiger partial charge in [-0.3, -0.25) is 0 Å². The number of aromatic nitrogens is 4. The van der Waals surface area contributed by atoms with Gasteiger partial charge in [0.25, 0.3) is 0 Å². The molecule has 4 nitrogen and oxygen atoms in total. The van der Waals surface area contributed by atoms with Crippen molar-refractivity contribution in [3.63, 3.8) is 0 Å². The van der Waals surface area contributed by atoms with Crippen molar-refractivity contribution in [1.82, 2.24) is 19.5 Å². The van der Waals surface area contributed by atoms with Crippen LogP contribution in [-0.2, 0) is 0 Å². The van der Waals surface area contributed by atoms with E-state index in [-0.39, 0.29) is 0 Å². The molecule has 0 saturated carbocycles. The highest BCUT2D eigenvalue weighted by atomic mass is 15.1. The molecule has 0 saturated heterocycles. The molecule has 0 amide bonds.